The average molecular weight is 165 g/mol. The van der Waals surface area contributed by atoms with Gasteiger partial charge in [0.2, 0.25) is 0 Å². The summed E-state index contributed by atoms with van der Waals surface area (Å²) in [7, 11) is 0. The van der Waals surface area contributed by atoms with Crippen LogP contribution in [0.5, 0.6) is 0 Å². The first-order chi connectivity index (χ1) is 5.33. The zero-order chi connectivity index (χ0) is 8.10. The van der Waals surface area contributed by atoms with Crippen molar-refractivity contribution in [3.8, 4) is 0 Å². The van der Waals surface area contributed by atoms with E-state index in [0.717, 1.165) is 5.69 Å². The number of hydrogen-bond acceptors (Lipinski definition) is 2. The number of anilines is 1. The van der Waals surface area contributed by atoms with E-state index in [-0.39, 0.29) is 0 Å². The first kappa shape index (κ1) is 8.21. The Morgan fingerprint density at radius 2 is 2.36 bits per heavy atom. The van der Waals surface area contributed by atoms with Crippen molar-refractivity contribution in [2.75, 3.05) is 4.72 Å². The van der Waals surface area contributed by atoms with Gasteiger partial charge in [0.05, 0.1) is 0 Å². The predicted molar refractivity (Wildman–Crippen MR) is 52.6 cm³/mol. The van der Waals surface area contributed by atoms with Crippen molar-refractivity contribution in [2.24, 2.45) is 0 Å². The molecule has 0 aliphatic carbocycles. The molecule has 0 aliphatic rings. The number of nitrogens with one attached hydrogen (secondary N) is 1. The Labute approximate surface area is 71.6 Å². The van der Waals surface area contributed by atoms with Crippen LogP contribution in [0.15, 0.2) is 36.3 Å². The van der Waals surface area contributed by atoms with Gasteiger partial charge in [0.1, 0.15) is 0 Å². The summed E-state index contributed by atoms with van der Waals surface area (Å²) < 4.78 is 3.13. The van der Waals surface area contributed by atoms with Crippen LogP contribution in [0.2, 0.25) is 0 Å². The summed E-state index contributed by atoms with van der Waals surface area (Å²) in [4.78, 5) is 0. The van der Waals surface area contributed by atoms with Gasteiger partial charge >= 0.3 is 0 Å². The molecule has 0 aromatic heterocycles. The van der Waals surface area contributed by atoms with Crippen molar-refractivity contribution in [1.29, 1.82) is 0 Å². The molecule has 0 bridgehead atoms. The van der Waals surface area contributed by atoms with Crippen molar-refractivity contribution >= 4 is 17.6 Å². The summed E-state index contributed by atoms with van der Waals surface area (Å²) in [5, 5.41) is 1.77. The molecule has 0 spiro atoms. The third-order valence-corrected chi connectivity index (χ3v) is 1.80. The fraction of sp³-hybridized carbons (Fsp3) is 0.111. The van der Waals surface area contributed by atoms with Gasteiger partial charge in [-0.3, -0.25) is 0 Å². The first-order valence-electron chi connectivity index (χ1n) is 3.42. The Bertz CT molecular complexity index is 245. The van der Waals surface area contributed by atoms with Gasteiger partial charge < -0.3 is 4.72 Å². The minimum Gasteiger partial charge on any atom is -0.326 e. The molecule has 1 rings (SSSR count). The Hall–Kier alpha value is -0.890. The molecule has 0 unspecified atom stereocenters. The lowest BCUT2D eigenvalue weighted by Gasteiger charge is -2.01. The van der Waals surface area contributed by atoms with Gasteiger partial charge in [0.15, 0.2) is 0 Å². The fourth-order valence-electron chi connectivity index (χ4n) is 0.818. The Morgan fingerprint density at radius 1 is 1.55 bits per heavy atom. The maximum absolute atomic E-state index is 3.60. The third kappa shape index (κ3) is 2.68. The summed E-state index contributed by atoms with van der Waals surface area (Å²) >= 11 is 1.48. The van der Waals surface area contributed by atoms with Gasteiger partial charge in [0, 0.05) is 5.69 Å². The van der Waals surface area contributed by atoms with Crippen LogP contribution in [0.25, 0.3) is 0 Å². The van der Waals surface area contributed by atoms with Crippen molar-refractivity contribution in [1.82, 2.24) is 0 Å². The molecule has 1 nitrogen and oxygen atoms in total. The van der Waals surface area contributed by atoms with Crippen LogP contribution in [0.3, 0.4) is 0 Å². The second kappa shape index (κ2) is 4.09. The lowest BCUT2D eigenvalue weighted by atomic mass is 10.2. The molecule has 2 heteroatoms. The van der Waals surface area contributed by atoms with Gasteiger partial charge in [-0.2, -0.15) is 0 Å². The van der Waals surface area contributed by atoms with Crippen LogP contribution in [0.4, 0.5) is 5.69 Å². The maximum atomic E-state index is 3.60. The van der Waals surface area contributed by atoms with Crippen molar-refractivity contribution in [3.05, 3.63) is 41.8 Å². The van der Waals surface area contributed by atoms with E-state index in [1.165, 1.54) is 17.5 Å². The molecule has 11 heavy (non-hydrogen) atoms. The number of benzene rings is 1. The molecule has 0 heterocycles. The molecule has 0 atom stereocenters. The molecule has 0 radical (unpaired) electrons. The van der Waals surface area contributed by atoms with Crippen LogP contribution in [-0.4, -0.2) is 0 Å². The lowest BCUT2D eigenvalue weighted by molar-refractivity contribution is 1.47. The molecule has 58 valence electrons. The second-order valence-corrected chi connectivity index (χ2v) is 3.03. The normalized spacial score (nSPS) is 9.18. The van der Waals surface area contributed by atoms with E-state index >= 15 is 0 Å². The van der Waals surface area contributed by atoms with Crippen molar-refractivity contribution in [3.63, 3.8) is 0 Å². The average Bonchev–Trinajstić information content (AvgIpc) is 2.01. The molecule has 1 aromatic rings. The van der Waals surface area contributed by atoms with Gasteiger partial charge in [-0.05, 0) is 42.0 Å². The van der Waals surface area contributed by atoms with E-state index in [4.69, 9.17) is 0 Å². The van der Waals surface area contributed by atoms with Gasteiger partial charge in [-0.15, -0.1) is 0 Å². The highest BCUT2D eigenvalue weighted by atomic mass is 32.2. The standard InChI is InChI=1S/C9H11NS/c1-3-11-10-9-6-4-5-8(2)7-9/h3-7,10H,1H2,2H3. The number of rotatable bonds is 3. The maximum Gasteiger partial charge on any atom is 0.0445 e. The highest BCUT2D eigenvalue weighted by Crippen LogP contribution is 2.13. The summed E-state index contributed by atoms with van der Waals surface area (Å²) in [5.74, 6) is 0. The number of aryl methyl sites for hydroxylation is 1. The quantitative estimate of drug-likeness (QED) is 0.690. The van der Waals surface area contributed by atoms with Crippen LogP contribution in [0, 0.1) is 6.92 Å². The summed E-state index contributed by atoms with van der Waals surface area (Å²) in [6.45, 7) is 5.67. The highest BCUT2D eigenvalue weighted by molar-refractivity contribution is 8.03. The Kier molecular flexibility index (Phi) is 3.05. The van der Waals surface area contributed by atoms with Crippen LogP contribution < -0.4 is 4.72 Å². The van der Waals surface area contributed by atoms with E-state index in [1.54, 1.807) is 5.41 Å². The molecule has 0 saturated carbocycles. The van der Waals surface area contributed by atoms with Crippen LogP contribution in [-0.2, 0) is 0 Å². The van der Waals surface area contributed by atoms with Gasteiger partial charge in [-0.1, -0.05) is 18.7 Å². The molecule has 0 saturated heterocycles. The fourth-order valence-corrected chi connectivity index (χ4v) is 1.16. The summed E-state index contributed by atoms with van der Waals surface area (Å²) in [6, 6.07) is 8.23. The molecule has 0 fully saturated rings. The van der Waals surface area contributed by atoms with Crippen molar-refractivity contribution < 1.29 is 0 Å². The first-order valence-corrected chi connectivity index (χ1v) is 4.30. The Balaban J connectivity index is 2.63. The van der Waals surface area contributed by atoms with E-state index in [2.05, 4.69) is 30.4 Å². The monoisotopic (exact) mass is 165 g/mol. The molecule has 0 amide bonds. The topological polar surface area (TPSA) is 12.0 Å². The van der Waals surface area contributed by atoms with Gasteiger partial charge in [-0.25, -0.2) is 0 Å². The summed E-state index contributed by atoms with van der Waals surface area (Å²) in [5.41, 5.74) is 2.38. The molecule has 1 N–H and O–H groups in total. The SMILES string of the molecule is C=CSNc1cccc(C)c1. The van der Waals surface area contributed by atoms with Gasteiger partial charge in [0.25, 0.3) is 0 Å². The van der Waals surface area contributed by atoms with E-state index in [9.17, 15) is 0 Å². The predicted octanol–water partition coefficient (Wildman–Crippen LogP) is 3.20. The largest absolute Gasteiger partial charge is 0.326 e. The second-order valence-electron chi connectivity index (χ2n) is 2.26. The zero-order valence-corrected chi connectivity index (χ0v) is 7.32. The van der Waals surface area contributed by atoms with Crippen molar-refractivity contribution in [2.45, 2.75) is 6.92 Å². The van der Waals surface area contributed by atoms with Crippen LogP contribution >= 0.6 is 11.9 Å². The lowest BCUT2D eigenvalue weighted by Crippen LogP contribution is -1.83. The molecular formula is C9H11NS. The Morgan fingerprint density at radius 3 is 3.00 bits per heavy atom. The van der Waals surface area contributed by atoms with E-state index < -0.39 is 0 Å². The third-order valence-electron chi connectivity index (χ3n) is 1.28. The number of hydrogen-bond donors (Lipinski definition) is 1. The molecule has 1 aromatic carbocycles. The minimum absolute atomic E-state index is 1.12. The van der Waals surface area contributed by atoms with E-state index in [1.807, 2.05) is 12.1 Å². The van der Waals surface area contributed by atoms with Crippen LogP contribution in [0.1, 0.15) is 5.56 Å². The van der Waals surface area contributed by atoms with E-state index in [0.29, 0.717) is 0 Å². The smallest absolute Gasteiger partial charge is 0.0445 e. The summed E-state index contributed by atoms with van der Waals surface area (Å²) in [6.07, 6.45) is 0. The molecular weight excluding hydrogens is 154 g/mol. The minimum atomic E-state index is 1.12. The molecule has 0 aliphatic heterocycles. The highest BCUT2D eigenvalue weighted by Gasteiger charge is 1.88. The zero-order valence-electron chi connectivity index (χ0n) is 6.50.